The lowest BCUT2D eigenvalue weighted by Crippen LogP contribution is -2.30. The van der Waals surface area contributed by atoms with E-state index < -0.39 is 40.9 Å². The van der Waals surface area contributed by atoms with Crippen molar-refractivity contribution in [1.82, 2.24) is 0 Å². The van der Waals surface area contributed by atoms with Gasteiger partial charge < -0.3 is 10.4 Å². The molecular formula is C9H4F5NO3. The minimum atomic E-state index is -5.23. The van der Waals surface area contributed by atoms with Gasteiger partial charge in [-0.2, -0.15) is 13.2 Å². The number of carbonyl (C=O) groups is 2. The lowest BCUT2D eigenvalue weighted by molar-refractivity contribution is -0.167. The number of carbonyl (C=O) groups excluding carboxylic acids is 1. The minimum absolute atomic E-state index is 0.241. The first-order valence-corrected chi connectivity index (χ1v) is 4.23. The van der Waals surface area contributed by atoms with Crippen LogP contribution in [0.15, 0.2) is 12.1 Å². The number of rotatable bonds is 2. The number of hydrogen-bond donors (Lipinski definition) is 2. The number of aromatic carboxylic acids is 1. The summed E-state index contributed by atoms with van der Waals surface area (Å²) >= 11 is 0. The summed E-state index contributed by atoms with van der Waals surface area (Å²) < 4.78 is 61.4. The van der Waals surface area contributed by atoms with Gasteiger partial charge in [-0.3, -0.25) is 4.79 Å². The van der Waals surface area contributed by atoms with Crippen LogP contribution in [-0.4, -0.2) is 23.2 Å². The first kappa shape index (κ1) is 13.9. The van der Waals surface area contributed by atoms with Gasteiger partial charge in [0.05, 0.1) is 0 Å². The van der Waals surface area contributed by atoms with Gasteiger partial charge in [0.25, 0.3) is 0 Å². The summed E-state index contributed by atoms with van der Waals surface area (Å²) in [6.45, 7) is 0. The Balaban J connectivity index is 3.13. The summed E-state index contributed by atoms with van der Waals surface area (Å²) in [7, 11) is 0. The number of carboxylic acid groups (broad SMARTS) is 1. The maximum Gasteiger partial charge on any atom is 0.471 e. The summed E-state index contributed by atoms with van der Waals surface area (Å²) in [6.07, 6.45) is -5.23. The molecule has 0 heterocycles. The highest BCUT2D eigenvalue weighted by Gasteiger charge is 2.38. The normalized spacial score (nSPS) is 11.2. The highest BCUT2D eigenvalue weighted by molar-refractivity contribution is 5.96. The maximum atomic E-state index is 12.9. The Hall–Kier alpha value is -2.19. The van der Waals surface area contributed by atoms with E-state index in [0.29, 0.717) is 6.07 Å². The van der Waals surface area contributed by atoms with E-state index in [-0.39, 0.29) is 6.07 Å². The van der Waals surface area contributed by atoms with Gasteiger partial charge in [-0.15, -0.1) is 0 Å². The zero-order valence-corrected chi connectivity index (χ0v) is 8.31. The lowest BCUT2D eigenvalue weighted by Gasteiger charge is -2.09. The molecule has 0 fully saturated rings. The molecule has 0 unspecified atom stereocenters. The number of hydrogen-bond acceptors (Lipinski definition) is 2. The number of anilines is 1. The van der Waals surface area contributed by atoms with Crippen molar-refractivity contribution in [3.05, 3.63) is 29.3 Å². The third-order valence-corrected chi connectivity index (χ3v) is 1.77. The van der Waals surface area contributed by atoms with Crippen molar-refractivity contribution in [2.45, 2.75) is 6.18 Å². The molecule has 18 heavy (non-hydrogen) atoms. The van der Waals surface area contributed by atoms with Crippen molar-refractivity contribution in [2.24, 2.45) is 0 Å². The molecule has 0 aliphatic rings. The van der Waals surface area contributed by atoms with Crippen molar-refractivity contribution in [3.8, 4) is 0 Å². The van der Waals surface area contributed by atoms with E-state index in [1.807, 2.05) is 0 Å². The van der Waals surface area contributed by atoms with Crippen LogP contribution < -0.4 is 5.32 Å². The average Bonchev–Trinajstić information content (AvgIpc) is 2.21. The molecule has 0 bridgehead atoms. The minimum Gasteiger partial charge on any atom is -0.478 e. The Morgan fingerprint density at radius 1 is 1.17 bits per heavy atom. The van der Waals surface area contributed by atoms with Gasteiger partial charge in [-0.05, 0) is 6.07 Å². The lowest BCUT2D eigenvalue weighted by atomic mass is 10.2. The summed E-state index contributed by atoms with van der Waals surface area (Å²) in [4.78, 5) is 21.0. The summed E-state index contributed by atoms with van der Waals surface area (Å²) in [5, 5.41) is 9.68. The van der Waals surface area contributed by atoms with Gasteiger partial charge in [0, 0.05) is 11.8 Å². The van der Waals surface area contributed by atoms with Gasteiger partial charge in [-0.1, -0.05) is 0 Å². The molecule has 0 aromatic heterocycles. The molecule has 1 aromatic carbocycles. The third-order valence-electron chi connectivity index (χ3n) is 1.77. The standard InChI is InChI=1S/C9H4F5NO3/c10-5-2-3(15-8(18)9(12,13)14)1-4(6(5)11)7(16)17/h1-2H,(H,15,18)(H,16,17). The average molecular weight is 269 g/mol. The number of nitrogens with one attached hydrogen (secondary N) is 1. The fraction of sp³-hybridized carbons (Fsp3) is 0.111. The number of amides is 1. The molecule has 9 heteroatoms. The van der Waals surface area contributed by atoms with Crippen molar-refractivity contribution >= 4 is 17.6 Å². The van der Waals surface area contributed by atoms with E-state index in [1.165, 1.54) is 5.32 Å². The number of halogens is 5. The van der Waals surface area contributed by atoms with E-state index in [2.05, 4.69) is 0 Å². The van der Waals surface area contributed by atoms with E-state index in [0.717, 1.165) is 0 Å². The highest BCUT2D eigenvalue weighted by Crippen LogP contribution is 2.22. The SMILES string of the molecule is O=C(O)c1cc(NC(=O)C(F)(F)F)cc(F)c1F. The number of carboxylic acids is 1. The van der Waals surface area contributed by atoms with E-state index in [4.69, 9.17) is 5.11 Å². The Kier molecular flexibility index (Phi) is 3.54. The fourth-order valence-electron chi connectivity index (χ4n) is 1.02. The second-order valence-corrected chi connectivity index (χ2v) is 3.08. The van der Waals surface area contributed by atoms with Gasteiger partial charge in [0.1, 0.15) is 5.56 Å². The Morgan fingerprint density at radius 2 is 1.72 bits per heavy atom. The van der Waals surface area contributed by atoms with Crippen LogP contribution in [0.4, 0.5) is 27.6 Å². The van der Waals surface area contributed by atoms with Crippen LogP contribution in [0, 0.1) is 11.6 Å². The summed E-state index contributed by atoms with van der Waals surface area (Å²) in [6, 6.07) is 0.621. The van der Waals surface area contributed by atoms with Crippen LogP contribution in [0.3, 0.4) is 0 Å². The van der Waals surface area contributed by atoms with Crippen LogP contribution in [0.2, 0.25) is 0 Å². The van der Waals surface area contributed by atoms with Gasteiger partial charge in [0.2, 0.25) is 0 Å². The smallest absolute Gasteiger partial charge is 0.471 e. The Morgan fingerprint density at radius 3 is 2.17 bits per heavy atom. The van der Waals surface area contributed by atoms with Crippen LogP contribution in [0.1, 0.15) is 10.4 Å². The van der Waals surface area contributed by atoms with Crippen LogP contribution in [0.25, 0.3) is 0 Å². The van der Waals surface area contributed by atoms with Crippen LogP contribution >= 0.6 is 0 Å². The monoisotopic (exact) mass is 269 g/mol. The maximum absolute atomic E-state index is 12.9. The molecule has 98 valence electrons. The zero-order valence-electron chi connectivity index (χ0n) is 8.31. The molecule has 0 atom stereocenters. The number of benzene rings is 1. The third kappa shape index (κ3) is 2.93. The zero-order chi connectivity index (χ0) is 14.1. The summed E-state index contributed by atoms with van der Waals surface area (Å²) in [5.41, 5.74) is -2.00. The fourth-order valence-corrected chi connectivity index (χ4v) is 1.02. The van der Waals surface area contributed by atoms with Crippen molar-refractivity contribution in [1.29, 1.82) is 0 Å². The molecule has 2 N–H and O–H groups in total. The molecule has 0 aliphatic carbocycles. The molecule has 0 spiro atoms. The predicted octanol–water partition coefficient (Wildman–Crippen LogP) is 2.16. The Bertz CT molecular complexity index is 512. The van der Waals surface area contributed by atoms with Gasteiger partial charge >= 0.3 is 18.1 Å². The molecule has 1 rings (SSSR count). The largest absolute Gasteiger partial charge is 0.478 e. The van der Waals surface area contributed by atoms with Crippen molar-refractivity contribution < 1.29 is 36.6 Å². The molecule has 0 saturated heterocycles. The quantitative estimate of drug-likeness (QED) is 0.808. The molecule has 4 nitrogen and oxygen atoms in total. The van der Waals surface area contributed by atoms with Crippen LogP contribution in [0.5, 0.6) is 0 Å². The molecule has 1 amide bonds. The molecule has 0 saturated carbocycles. The number of alkyl halides is 3. The second kappa shape index (κ2) is 4.59. The van der Waals surface area contributed by atoms with Gasteiger partial charge in [-0.25, -0.2) is 13.6 Å². The topological polar surface area (TPSA) is 66.4 Å². The second-order valence-electron chi connectivity index (χ2n) is 3.08. The van der Waals surface area contributed by atoms with E-state index in [1.54, 1.807) is 0 Å². The van der Waals surface area contributed by atoms with Gasteiger partial charge in [0.15, 0.2) is 11.6 Å². The molecule has 0 aliphatic heterocycles. The molecule has 1 aromatic rings. The molecular weight excluding hydrogens is 265 g/mol. The summed E-state index contributed by atoms with van der Waals surface area (Å²) in [5.74, 6) is -7.72. The Labute approximate surface area is 96.0 Å². The van der Waals surface area contributed by atoms with Crippen molar-refractivity contribution in [3.63, 3.8) is 0 Å². The predicted molar refractivity (Wildman–Crippen MR) is 48.0 cm³/mol. The first-order chi connectivity index (χ1) is 8.12. The van der Waals surface area contributed by atoms with E-state index >= 15 is 0 Å². The van der Waals surface area contributed by atoms with E-state index in [9.17, 15) is 31.5 Å². The van der Waals surface area contributed by atoms with Crippen molar-refractivity contribution in [2.75, 3.05) is 5.32 Å². The molecule has 0 radical (unpaired) electrons. The first-order valence-electron chi connectivity index (χ1n) is 4.23. The highest BCUT2D eigenvalue weighted by atomic mass is 19.4. The van der Waals surface area contributed by atoms with Crippen LogP contribution in [-0.2, 0) is 4.79 Å².